The second kappa shape index (κ2) is 10.7. The van der Waals surface area contributed by atoms with E-state index in [2.05, 4.69) is 30.4 Å². The number of hydrogen-bond donors (Lipinski definition) is 2. The maximum Gasteiger partial charge on any atom is 0.267 e. The number of carbonyl (C=O) groups excluding carboxylic acids is 1. The van der Waals surface area contributed by atoms with E-state index in [1.54, 1.807) is 18.2 Å². The van der Waals surface area contributed by atoms with Crippen LogP contribution in [0.25, 0.3) is 0 Å². The molecule has 2 aliphatic rings. The van der Waals surface area contributed by atoms with Crippen LogP contribution in [0.3, 0.4) is 0 Å². The molecule has 200 valence electrons. The van der Waals surface area contributed by atoms with E-state index < -0.39 is 0 Å². The van der Waals surface area contributed by atoms with Crippen LogP contribution in [0.2, 0.25) is 5.02 Å². The minimum atomic E-state index is -0.286. The first kappa shape index (κ1) is 25.4. The number of piperazine rings is 1. The third-order valence-corrected chi connectivity index (χ3v) is 7.97. The zero-order chi connectivity index (χ0) is 26.9. The van der Waals surface area contributed by atoms with E-state index in [-0.39, 0.29) is 11.7 Å². The molecule has 2 fully saturated rings. The van der Waals surface area contributed by atoms with Crippen LogP contribution in [-0.4, -0.2) is 52.0 Å². The van der Waals surface area contributed by atoms with Gasteiger partial charge in [0.15, 0.2) is 5.13 Å². The van der Waals surface area contributed by atoms with Gasteiger partial charge in [-0.3, -0.25) is 10.1 Å². The van der Waals surface area contributed by atoms with Gasteiger partial charge in [0.25, 0.3) is 5.91 Å². The van der Waals surface area contributed by atoms with E-state index in [1.165, 1.54) is 29.7 Å². The number of hydrogen-bond acceptors (Lipinski definition) is 9. The maximum absolute atomic E-state index is 13.3. The fourth-order valence-corrected chi connectivity index (χ4v) is 5.39. The minimum absolute atomic E-state index is 0.237. The van der Waals surface area contributed by atoms with E-state index in [4.69, 9.17) is 21.6 Å². The summed E-state index contributed by atoms with van der Waals surface area (Å²) in [6.07, 6.45) is 3.64. The molecule has 1 saturated carbocycles. The number of nitrogens with one attached hydrogen (secondary N) is 2. The molecule has 4 aromatic rings. The Kier molecular flexibility index (Phi) is 7.01. The zero-order valence-corrected chi connectivity index (χ0v) is 22.8. The molecular formula is C27H26ClFN8OS. The average Bonchev–Trinajstić information content (AvgIpc) is 3.70. The van der Waals surface area contributed by atoms with E-state index in [0.717, 1.165) is 56.1 Å². The van der Waals surface area contributed by atoms with E-state index >= 15 is 0 Å². The lowest BCUT2D eigenvalue weighted by molar-refractivity contribution is 0.103. The van der Waals surface area contributed by atoms with E-state index in [0.29, 0.717) is 38.5 Å². The van der Waals surface area contributed by atoms with Crippen LogP contribution in [-0.2, 0) is 0 Å². The summed E-state index contributed by atoms with van der Waals surface area (Å²) in [5.41, 5.74) is 2.46. The number of aromatic nitrogens is 4. The number of rotatable bonds is 7. The monoisotopic (exact) mass is 564 g/mol. The number of carbonyl (C=O) groups is 1. The van der Waals surface area contributed by atoms with Gasteiger partial charge in [-0.15, -0.1) is 0 Å². The SMILES string of the molecule is Cc1cccc(Cl)c1NC(=O)c1cnc(Nc2nc(C3CC3)nc(N3CCN(c4ccc(F)cc4)CC3)n2)s1. The number of para-hydroxylation sites is 1. The molecule has 3 heterocycles. The standard InChI is InChI=1S/C27H26ClFN8OS/c1-16-3-2-4-20(28)22(16)31-24(38)21-15-30-27(39-21)35-25-32-23(17-5-6-17)33-26(34-25)37-13-11-36(12-14-37)19-9-7-18(29)8-10-19/h2-4,7-10,15,17H,5-6,11-14H2,1H3,(H,31,38)(H,30,32,33,34,35). The first-order chi connectivity index (χ1) is 18.9. The highest BCUT2D eigenvalue weighted by molar-refractivity contribution is 7.17. The highest BCUT2D eigenvalue weighted by atomic mass is 35.5. The van der Waals surface area contributed by atoms with Gasteiger partial charge >= 0.3 is 0 Å². The van der Waals surface area contributed by atoms with Gasteiger partial charge in [-0.25, -0.2) is 9.37 Å². The van der Waals surface area contributed by atoms with Gasteiger partial charge in [-0.05, 0) is 55.7 Å². The summed E-state index contributed by atoms with van der Waals surface area (Å²) in [4.78, 5) is 36.1. The van der Waals surface area contributed by atoms with Crippen LogP contribution in [0.15, 0.2) is 48.7 Å². The average molecular weight is 565 g/mol. The van der Waals surface area contributed by atoms with Crippen LogP contribution in [0.1, 0.15) is 39.8 Å². The number of thiazole rings is 1. The van der Waals surface area contributed by atoms with Crippen molar-refractivity contribution in [2.24, 2.45) is 0 Å². The summed E-state index contributed by atoms with van der Waals surface area (Å²) in [6, 6.07) is 12.0. The minimum Gasteiger partial charge on any atom is -0.368 e. The fraction of sp³-hybridized carbons (Fsp3) is 0.296. The van der Waals surface area contributed by atoms with Crippen LogP contribution < -0.4 is 20.4 Å². The van der Waals surface area contributed by atoms with Crippen molar-refractivity contribution in [1.29, 1.82) is 0 Å². The molecule has 1 amide bonds. The van der Waals surface area contributed by atoms with Crippen molar-refractivity contribution in [2.75, 3.05) is 46.6 Å². The Morgan fingerprint density at radius 1 is 1.03 bits per heavy atom. The second-order valence-corrected chi connectivity index (χ2v) is 11.0. The third kappa shape index (κ3) is 5.79. The Morgan fingerprint density at radius 2 is 1.77 bits per heavy atom. The van der Waals surface area contributed by atoms with Gasteiger partial charge in [-0.2, -0.15) is 15.0 Å². The predicted octanol–water partition coefficient (Wildman–Crippen LogP) is 5.63. The lowest BCUT2D eigenvalue weighted by atomic mass is 10.2. The molecule has 0 spiro atoms. The topological polar surface area (TPSA) is 99.2 Å². The Hall–Kier alpha value is -3.83. The lowest BCUT2D eigenvalue weighted by Crippen LogP contribution is -2.47. The van der Waals surface area contributed by atoms with Crippen molar-refractivity contribution in [3.63, 3.8) is 0 Å². The second-order valence-electron chi connectivity index (χ2n) is 9.58. The van der Waals surface area contributed by atoms with Crippen molar-refractivity contribution in [1.82, 2.24) is 19.9 Å². The number of nitrogens with zero attached hydrogens (tertiary/aromatic N) is 6. The molecule has 0 bridgehead atoms. The number of halogens is 2. The highest BCUT2D eigenvalue weighted by Crippen LogP contribution is 2.39. The molecule has 9 nitrogen and oxygen atoms in total. The van der Waals surface area contributed by atoms with Crippen molar-refractivity contribution in [3.8, 4) is 0 Å². The highest BCUT2D eigenvalue weighted by Gasteiger charge is 2.29. The largest absolute Gasteiger partial charge is 0.368 e. The van der Waals surface area contributed by atoms with Crippen LogP contribution in [0, 0.1) is 12.7 Å². The number of aryl methyl sites for hydroxylation is 1. The number of benzene rings is 2. The van der Waals surface area contributed by atoms with Crippen molar-refractivity contribution in [3.05, 3.63) is 75.8 Å². The summed E-state index contributed by atoms with van der Waals surface area (Å²) in [5, 5.41) is 7.04. The Morgan fingerprint density at radius 3 is 2.49 bits per heavy atom. The van der Waals surface area contributed by atoms with Crippen LogP contribution >= 0.6 is 22.9 Å². The van der Waals surface area contributed by atoms with Gasteiger partial charge in [0.05, 0.1) is 16.9 Å². The summed E-state index contributed by atoms with van der Waals surface area (Å²) in [5.74, 6) is 1.61. The molecule has 1 aliphatic heterocycles. The molecule has 6 rings (SSSR count). The van der Waals surface area contributed by atoms with Gasteiger partial charge in [0, 0.05) is 37.8 Å². The van der Waals surface area contributed by atoms with E-state index in [9.17, 15) is 9.18 Å². The number of amides is 1. The Bertz CT molecular complexity index is 1480. The first-order valence-corrected chi connectivity index (χ1v) is 13.9. The van der Waals surface area contributed by atoms with Crippen LogP contribution in [0.4, 0.5) is 32.8 Å². The van der Waals surface area contributed by atoms with Gasteiger partial charge in [0.1, 0.15) is 16.5 Å². The molecule has 2 aromatic heterocycles. The smallest absolute Gasteiger partial charge is 0.267 e. The summed E-state index contributed by atoms with van der Waals surface area (Å²) in [7, 11) is 0. The number of anilines is 5. The zero-order valence-electron chi connectivity index (χ0n) is 21.2. The summed E-state index contributed by atoms with van der Waals surface area (Å²) < 4.78 is 13.3. The molecule has 0 radical (unpaired) electrons. The molecule has 12 heteroatoms. The fourth-order valence-electron chi connectivity index (χ4n) is 4.42. The molecule has 2 aromatic carbocycles. The molecule has 2 N–H and O–H groups in total. The maximum atomic E-state index is 13.3. The van der Waals surface area contributed by atoms with Crippen molar-refractivity contribution in [2.45, 2.75) is 25.7 Å². The van der Waals surface area contributed by atoms with Gasteiger partial charge in [-0.1, -0.05) is 35.1 Å². The lowest BCUT2D eigenvalue weighted by Gasteiger charge is -2.36. The van der Waals surface area contributed by atoms with E-state index in [1.807, 2.05) is 19.1 Å². The first-order valence-electron chi connectivity index (χ1n) is 12.7. The molecule has 39 heavy (non-hydrogen) atoms. The third-order valence-electron chi connectivity index (χ3n) is 6.75. The summed E-state index contributed by atoms with van der Waals surface area (Å²) >= 11 is 7.47. The van der Waals surface area contributed by atoms with Gasteiger partial charge < -0.3 is 15.1 Å². The predicted molar refractivity (Wildman–Crippen MR) is 152 cm³/mol. The van der Waals surface area contributed by atoms with Gasteiger partial charge in [0.2, 0.25) is 11.9 Å². The Labute approximate surface area is 234 Å². The normalized spacial score (nSPS) is 15.4. The molecular weight excluding hydrogens is 539 g/mol. The quantitative estimate of drug-likeness (QED) is 0.298. The van der Waals surface area contributed by atoms with Crippen molar-refractivity contribution < 1.29 is 9.18 Å². The molecule has 1 aliphatic carbocycles. The van der Waals surface area contributed by atoms with Crippen molar-refractivity contribution >= 4 is 57.2 Å². The molecule has 1 saturated heterocycles. The Balaban J connectivity index is 1.15. The molecule has 0 unspecified atom stereocenters. The summed E-state index contributed by atoms with van der Waals surface area (Å²) in [6.45, 7) is 4.89. The van der Waals surface area contributed by atoms with Crippen LogP contribution in [0.5, 0.6) is 0 Å². The molecule has 0 atom stereocenters.